The Balaban J connectivity index is 1.55. The number of hydrogen-bond acceptors (Lipinski definition) is 5. The number of aromatic nitrogens is 4. The molecule has 0 saturated carbocycles. The maximum absolute atomic E-state index is 12.6. The zero-order valence-corrected chi connectivity index (χ0v) is 15.9. The zero-order valence-electron chi connectivity index (χ0n) is 15.0. The number of aromatic amines is 1. The van der Waals surface area contributed by atoms with Crippen LogP contribution in [0, 0.1) is 4.77 Å². The largest absolute Gasteiger partial charge is 0.497 e. The van der Waals surface area contributed by atoms with Gasteiger partial charge in [0.15, 0.2) is 10.6 Å². The minimum atomic E-state index is -0.241. The summed E-state index contributed by atoms with van der Waals surface area (Å²) in [7, 11) is 1.61. The van der Waals surface area contributed by atoms with Gasteiger partial charge in [-0.05, 0) is 54.7 Å². The molecule has 7 nitrogen and oxygen atoms in total. The molecule has 0 unspecified atom stereocenters. The molecule has 1 amide bonds. The van der Waals surface area contributed by atoms with E-state index in [1.807, 2.05) is 54.6 Å². The number of para-hydroxylation sites is 1. The Labute approximate surface area is 166 Å². The molecule has 0 saturated heterocycles. The number of rotatable bonds is 5. The molecule has 0 fully saturated rings. The number of carbonyl (C=O) groups is 1. The van der Waals surface area contributed by atoms with Crippen LogP contribution in [0.4, 0.5) is 5.82 Å². The maximum Gasteiger partial charge on any atom is 0.245 e. The Hall–Kier alpha value is -3.52. The molecule has 0 radical (unpaired) electrons. The molecule has 0 spiro atoms. The first-order valence-electron chi connectivity index (χ1n) is 8.59. The summed E-state index contributed by atoms with van der Waals surface area (Å²) in [6.45, 7) is 0.0191. The number of benzene rings is 2. The second kappa shape index (κ2) is 7.61. The van der Waals surface area contributed by atoms with E-state index in [0.717, 1.165) is 22.2 Å². The molecule has 28 heavy (non-hydrogen) atoms. The van der Waals surface area contributed by atoms with Gasteiger partial charge >= 0.3 is 0 Å². The average Bonchev–Trinajstić information content (AvgIpc) is 3.08. The molecule has 0 aliphatic heterocycles. The lowest BCUT2D eigenvalue weighted by Gasteiger charge is -2.09. The summed E-state index contributed by atoms with van der Waals surface area (Å²) in [4.78, 5) is 17.0. The number of anilines is 1. The van der Waals surface area contributed by atoms with Crippen LogP contribution in [0.25, 0.3) is 22.3 Å². The third-order valence-electron chi connectivity index (χ3n) is 4.27. The smallest absolute Gasteiger partial charge is 0.245 e. The highest BCUT2D eigenvalue weighted by atomic mass is 32.1. The summed E-state index contributed by atoms with van der Waals surface area (Å²) >= 11 is 5.29. The molecule has 140 valence electrons. The van der Waals surface area contributed by atoms with Gasteiger partial charge in [0.25, 0.3) is 0 Å². The van der Waals surface area contributed by atoms with Crippen LogP contribution >= 0.6 is 12.2 Å². The lowest BCUT2D eigenvalue weighted by Crippen LogP contribution is -2.20. The first-order chi connectivity index (χ1) is 13.6. The van der Waals surface area contributed by atoms with Crippen molar-refractivity contribution in [2.45, 2.75) is 6.54 Å². The Bertz CT molecular complexity index is 1200. The third-order valence-corrected chi connectivity index (χ3v) is 4.59. The molecule has 2 heterocycles. The summed E-state index contributed by atoms with van der Waals surface area (Å²) in [5.74, 6) is 1.57. The van der Waals surface area contributed by atoms with Crippen LogP contribution in [-0.4, -0.2) is 32.8 Å². The number of nitrogens with zero attached hydrogens (tertiary/aromatic N) is 3. The molecular weight excluding hydrogens is 374 g/mol. The molecule has 0 atom stereocenters. The van der Waals surface area contributed by atoms with Crippen LogP contribution in [0.5, 0.6) is 5.75 Å². The lowest BCUT2D eigenvalue weighted by atomic mass is 10.2. The Morgan fingerprint density at radius 3 is 2.71 bits per heavy atom. The molecule has 0 bridgehead atoms. The van der Waals surface area contributed by atoms with Crippen molar-refractivity contribution in [3.8, 4) is 17.1 Å². The second-order valence-corrected chi connectivity index (χ2v) is 6.49. The summed E-state index contributed by atoms with van der Waals surface area (Å²) in [5, 5.41) is 10.8. The van der Waals surface area contributed by atoms with E-state index in [-0.39, 0.29) is 12.5 Å². The van der Waals surface area contributed by atoms with E-state index in [0.29, 0.717) is 16.4 Å². The summed E-state index contributed by atoms with van der Waals surface area (Å²) in [6, 6.07) is 18.8. The zero-order chi connectivity index (χ0) is 19.5. The Morgan fingerprint density at radius 2 is 1.93 bits per heavy atom. The van der Waals surface area contributed by atoms with E-state index in [1.54, 1.807) is 17.7 Å². The van der Waals surface area contributed by atoms with Crippen LogP contribution < -0.4 is 10.1 Å². The number of H-pyrrole nitrogens is 1. The van der Waals surface area contributed by atoms with E-state index in [1.165, 1.54) is 0 Å². The van der Waals surface area contributed by atoms with Gasteiger partial charge in [0.05, 0.1) is 12.6 Å². The highest BCUT2D eigenvalue weighted by Gasteiger charge is 2.13. The van der Waals surface area contributed by atoms with Crippen LogP contribution in [-0.2, 0) is 11.3 Å². The van der Waals surface area contributed by atoms with Crippen molar-refractivity contribution in [1.29, 1.82) is 0 Å². The molecule has 8 heteroatoms. The normalized spacial score (nSPS) is 10.8. The van der Waals surface area contributed by atoms with Crippen molar-refractivity contribution in [1.82, 2.24) is 19.7 Å². The molecular formula is C20H17N5O2S. The van der Waals surface area contributed by atoms with Gasteiger partial charge < -0.3 is 10.1 Å². The van der Waals surface area contributed by atoms with Gasteiger partial charge in [-0.15, -0.1) is 0 Å². The monoisotopic (exact) mass is 391 g/mol. The number of hydrogen-bond donors (Lipinski definition) is 2. The molecule has 0 aliphatic carbocycles. The van der Waals surface area contributed by atoms with Crippen molar-refractivity contribution in [3.05, 3.63) is 65.4 Å². The highest BCUT2D eigenvalue weighted by Crippen LogP contribution is 2.21. The van der Waals surface area contributed by atoms with Crippen LogP contribution in [0.2, 0.25) is 0 Å². The van der Waals surface area contributed by atoms with Crippen molar-refractivity contribution in [2.24, 2.45) is 0 Å². The fraction of sp³-hybridized carbons (Fsp3) is 0.100. The fourth-order valence-electron chi connectivity index (χ4n) is 2.89. The predicted octanol–water partition coefficient (Wildman–Crippen LogP) is 3.80. The van der Waals surface area contributed by atoms with Crippen molar-refractivity contribution in [2.75, 3.05) is 12.4 Å². The minimum absolute atomic E-state index is 0.0191. The van der Waals surface area contributed by atoms with Crippen LogP contribution in [0.1, 0.15) is 0 Å². The third kappa shape index (κ3) is 3.63. The first-order valence-corrected chi connectivity index (χ1v) is 9.00. The van der Waals surface area contributed by atoms with E-state index in [4.69, 9.17) is 17.0 Å². The van der Waals surface area contributed by atoms with Gasteiger partial charge in [-0.25, -0.2) is 4.98 Å². The Kier molecular flexibility index (Phi) is 4.86. The van der Waals surface area contributed by atoms with Gasteiger partial charge in [-0.2, -0.15) is 5.10 Å². The summed E-state index contributed by atoms with van der Waals surface area (Å²) < 4.78 is 7.19. The molecule has 2 aromatic carbocycles. The SMILES string of the molecule is COc1ccc(-c2n[nH]c(=S)n2CC(=O)Nc2ccc3ccccc3n2)cc1. The van der Waals surface area contributed by atoms with E-state index < -0.39 is 0 Å². The second-order valence-electron chi connectivity index (χ2n) is 6.10. The topological polar surface area (TPSA) is 84.8 Å². The number of nitrogens with one attached hydrogen (secondary N) is 2. The fourth-order valence-corrected chi connectivity index (χ4v) is 3.08. The number of ether oxygens (including phenoxy) is 1. The number of carbonyl (C=O) groups excluding carboxylic acids is 1. The number of pyridine rings is 1. The highest BCUT2D eigenvalue weighted by molar-refractivity contribution is 7.71. The number of methoxy groups -OCH3 is 1. The van der Waals surface area contributed by atoms with Gasteiger partial charge in [0.2, 0.25) is 5.91 Å². The molecule has 4 aromatic rings. The summed E-state index contributed by atoms with van der Waals surface area (Å²) in [5.41, 5.74) is 1.64. The Morgan fingerprint density at radius 1 is 1.14 bits per heavy atom. The van der Waals surface area contributed by atoms with E-state index >= 15 is 0 Å². The average molecular weight is 391 g/mol. The van der Waals surface area contributed by atoms with Crippen molar-refractivity contribution < 1.29 is 9.53 Å². The number of amides is 1. The van der Waals surface area contributed by atoms with Gasteiger partial charge in [0, 0.05) is 10.9 Å². The standard InChI is InChI=1S/C20H17N5O2S/c1-27-15-9-6-14(7-10-15)19-23-24-20(28)25(19)12-18(26)22-17-11-8-13-4-2-3-5-16(13)21-17/h2-11H,12H2,1H3,(H,24,28)(H,21,22,26). The molecule has 2 N–H and O–H groups in total. The van der Waals surface area contributed by atoms with Crippen molar-refractivity contribution >= 4 is 34.8 Å². The lowest BCUT2D eigenvalue weighted by molar-refractivity contribution is -0.116. The van der Waals surface area contributed by atoms with Gasteiger partial charge in [0.1, 0.15) is 18.1 Å². The van der Waals surface area contributed by atoms with E-state index in [2.05, 4.69) is 20.5 Å². The van der Waals surface area contributed by atoms with Crippen molar-refractivity contribution in [3.63, 3.8) is 0 Å². The van der Waals surface area contributed by atoms with Gasteiger partial charge in [-0.1, -0.05) is 18.2 Å². The van der Waals surface area contributed by atoms with E-state index in [9.17, 15) is 4.79 Å². The minimum Gasteiger partial charge on any atom is -0.497 e. The first kappa shape index (κ1) is 17.9. The van der Waals surface area contributed by atoms with Crippen LogP contribution in [0.3, 0.4) is 0 Å². The van der Waals surface area contributed by atoms with Gasteiger partial charge in [-0.3, -0.25) is 14.5 Å². The summed E-state index contributed by atoms with van der Waals surface area (Å²) in [6.07, 6.45) is 0. The molecule has 0 aliphatic rings. The quantitative estimate of drug-likeness (QED) is 0.506. The van der Waals surface area contributed by atoms with Crippen LogP contribution in [0.15, 0.2) is 60.7 Å². The number of fused-ring (bicyclic) bond motifs is 1. The predicted molar refractivity (Wildman–Crippen MR) is 110 cm³/mol. The molecule has 2 aromatic heterocycles. The molecule has 4 rings (SSSR count). The maximum atomic E-state index is 12.6.